The zero-order valence-corrected chi connectivity index (χ0v) is 19.0. The molecule has 6 rings (SSSR count). The highest BCUT2D eigenvalue weighted by Gasteiger charge is 2.48. The van der Waals surface area contributed by atoms with Gasteiger partial charge in [-0.05, 0) is 90.6 Å². The highest BCUT2D eigenvalue weighted by molar-refractivity contribution is 5.58. The monoisotopic (exact) mass is 437 g/mol. The molecule has 0 unspecified atom stereocenters. The molecule has 3 nitrogen and oxygen atoms in total. The van der Waals surface area contributed by atoms with Gasteiger partial charge in [-0.1, -0.05) is 42.5 Å². The van der Waals surface area contributed by atoms with Gasteiger partial charge in [0, 0.05) is 36.0 Å². The van der Waals surface area contributed by atoms with Crippen LogP contribution in [-0.4, -0.2) is 24.5 Å². The average molecular weight is 438 g/mol. The lowest BCUT2D eigenvalue weighted by Crippen LogP contribution is -2.37. The minimum Gasteiger partial charge on any atom is -0.508 e. The van der Waals surface area contributed by atoms with E-state index in [2.05, 4.69) is 59.5 Å². The fourth-order valence-corrected chi connectivity index (χ4v) is 6.84. The lowest BCUT2D eigenvalue weighted by molar-refractivity contribution is -0.111. The van der Waals surface area contributed by atoms with Crippen LogP contribution in [0.25, 0.3) is 0 Å². The van der Waals surface area contributed by atoms with Crippen LogP contribution < -0.4 is 4.90 Å². The number of anilines is 1. The standard InChI is InChI=1S/C30H31NO2/c32-20-21-13-17-31(18-14-21)25-7-5-23(6-8-25)29-27-10-9-26(33)19-24(27)12-16-30(29)15-11-22-3-1-2-4-28(22)30/h1-10,19-21,29,33H,11-18H2/t29-,30+/m1/s1. The predicted octanol–water partition coefficient (Wildman–Crippen LogP) is 5.77. The van der Waals surface area contributed by atoms with Crippen LogP contribution in [0, 0.1) is 5.92 Å². The Labute approximate surface area is 196 Å². The van der Waals surface area contributed by atoms with E-state index in [1.54, 1.807) is 0 Å². The largest absolute Gasteiger partial charge is 0.508 e. The molecule has 0 radical (unpaired) electrons. The van der Waals surface area contributed by atoms with Gasteiger partial charge in [-0.25, -0.2) is 0 Å². The zero-order chi connectivity index (χ0) is 22.4. The summed E-state index contributed by atoms with van der Waals surface area (Å²) in [5.74, 6) is 0.877. The summed E-state index contributed by atoms with van der Waals surface area (Å²) in [6.07, 6.45) is 7.47. The molecule has 1 heterocycles. The van der Waals surface area contributed by atoms with Crippen molar-refractivity contribution in [2.45, 2.75) is 49.9 Å². The molecule has 1 spiro atoms. The predicted molar refractivity (Wildman–Crippen MR) is 132 cm³/mol. The van der Waals surface area contributed by atoms with Crippen LogP contribution in [0.5, 0.6) is 5.75 Å². The third-order valence-electron chi connectivity index (χ3n) is 8.55. The van der Waals surface area contributed by atoms with Gasteiger partial charge in [0.1, 0.15) is 12.0 Å². The molecule has 168 valence electrons. The van der Waals surface area contributed by atoms with Gasteiger partial charge in [-0.2, -0.15) is 0 Å². The molecule has 1 saturated heterocycles. The second-order valence-electron chi connectivity index (χ2n) is 10.2. The molecule has 1 N–H and O–H groups in total. The maximum atomic E-state index is 11.1. The number of carbonyl (C=O) groups excluding carboxylic acids is 1. The molecule has 0 bridgehead atoms. The summed E-state index contributed by atoms with van der Waals surface area (Å²) < 4.78 is 0. The number of phenolic OH excluding ortho intramolecular Hbond substituents is 1. The van der Waals surface area contributed by atoms with Gasteiger partial charge in [0.15, 0.2) is 0 Å². The van der Waals surface area contributed by atoms with E-state index in [9.17, 15) is 9.90 Å². The molecule has 3 heteroatoms. The first kappa shape index (κ1) is 20.5. The van der Waals surface area contributed by atoms with Crippen LogP contribution in [0.15, 0.2) is 66.7 Å². The van der Waals surface area contributed by atoms with Gasteiger partial charge in [-0.3, -0.25) is 0 Å². The van der Waals surface area contributed by atoms with Gasteiger partial charge in [0.05, 0.1) is 0 Å². The summed E-state index contributed by atoms with van der Waals surface area (Å²) in [6.45, 7) is 1.90. The Morgan fingerprint density at radius 3 is 2.36 bits per heavy atom. The number of aryl methyl sites for hydroxylation is 2. The van der Waals surface area contributed by atoms with Crippen molar-refractivity contribution in [2.24, 2.45) is 5.92 Å². The summed E-state index contributed by atoms with van der Waals surface area (Å²) in [4.78, 5) is 13.5. The Hall–Kier alpha value is -3.07. The molecular weight excluding hydrogens is 406 g/mol. The van der Waals surface area contributed by atoms with Crippen molar-refractivity contribution in [2.75, 3.05) is 18.0 Å². The molecule has 2 atom stereocenters. The quantitative estimate of drug-likeness (QED) is 0.529. The normalized spacial score (nSPS) is 24.5. The van der Waals surface area contributed by atoms with E-state index in [4.69, 9.17) is 0 Å². The van der Waals surface area contributed by atoms with Crippen LogP contribution in [0.1, 0.15) is 59.4 Å². The van der Waals surface area contributed by atoms with E-state index in [0.717, 1.165) is 51.5 Å². The average Bonchev–Trinajstić information content (AvgIpc) is 3.23. The minimum atomic E-state index is 0.115. The summed E-state index contributed by atoms with van der Waals surface area (Å²) in [5.41, 5.74) is 8.42. The molecule has 0 aromatic heterocycles. The number of aromatic hydroxyl groups is 1. The molecule has 3 aromatic carbocycles. The van der Waals surface area contributed by atoms with Gasteiger partial charge in [0.25, 0.3) is 0 Å². The van der Waals surface area contributed by atoms with Gasteiger partial charge in [-0.15, -0.1) is 0 Å². The number of benzene rings is 3. The van der Waals surface area contributed by atoms with E-state index in [1.165, 1.54) is 39.9 Å². The maximum Gasteiger partial charge on any atom is 0.123 e. The second-order valence-corrected chi connectivity index (χ2v) is 10.2. The fourth-order valence-electron chi connectivity index (χ4n) is 6.84. The molecule has 1 aliphatic heterocycles. The summed E-state index contributed by atoms with van der Waals surface area (Å²) in [6, 6.07) is 24.2. The number of fused-ring (bicyclic) bond motifs is 3. The van der Waals surface area contributed by atoms with E-state index in [-0.39, 0.29) is 11.3 Å². The molecule has 3 aliphatic rings. The Bertz CT molecular complexity index is 1180. The highest BCUT2D eigenvalue weighted by atomic mass is 16.3. The van der Waals surface area contributed by atoms with Crippen molar-refractivity contribution in [1.82, 2.24) is 0 Å². The fraction of sp³-hybridized carbons (Fsp3) is 0.367. The summed E-state index contributed by atoms with van der Waals surface area (Å²) in [7, 11) is 0. The number of piperidine rings is 1. The van der Waals surface area contributed by atoms with Crippen molar-refractivity contribution in [3.8, 4) is 5.75 Å². The third kappa shape index (κ3) is 3.37. The minimum absolute atomic E-state index is 0.115. The molecule has 2 aliphatic carbocycles. The van der Waals surface area contributed by atoms with Crippen LogP contribution in [-0.2, 0) is 23.1 Å². The summed E-state index contributed by atoms with van der Waals surface area (Å²) >= 11 is 0. The lowest BCUT2D eigenvalue weighted by atomic mass is 9.59. The van der Waals surface area contributed by atoms with Crippen LogP contribution >= 0.6 is 0 Å². The van der Waals surface area contributed by atoms with Crippen LogP contribution in [0.3, 0.4) is 0 Å². The topological polar surface area (TPSA) is 40.5 Å². The smallest absolute Gasteiger partial charge is 0.123 e. The number of hydrogen-bond donors (Lipinski definition) is 1. The number of nitrogens with zero attached hydrogens (tertiary/aromatic N) is 1. The number of carbonyl (C=O) groups is 1. The Balaban J connectivity index is 1.40. The van der Waals surface area contributed by atoms with E-state index >= 15 is 0 Å². The van der Waals surface area contributed by atoms with Gasteiger partial charge in [0.2, 0.25) is 0 Å². The Kier molecular flexibility index (Phi) is 5.01. The molecule has 1 fully saturated rings. The molecular formula is C30H31NO2. The van der Waals surface area contributed by atoms with E-state index in [1.807, 2.05) is 12.1 Å². The van der Waals surface area contributed by atoms with Crippen LogP contribution in [0.4, 0.5) is 5.69 Å². The van der Waals surface area contributed by atoms with Crippen molar-refractivity contribution < 1.29 is 9.90 Å². The van der Waals surface area contributed by atoms with Gasteiger partial charge < -0.3 is 14.8 Å². The molecule has 3 aromatic rings. The Morgan fingerprint density at radius 2 is 1.61 bits per heavy atom. The van der Waals surface area contributed by atoms with Crippen molar-refractivity contribution in [3.05, 3.63) is 94.5 Å². The number of rotatable bonds is 3. The van der Waals surface area contributed by atoms with E-state index in [0.29, 0.717) is 11.7 Å². The number of aldehydes is 1. The Morgan fingerprint density at radius 1 is 0.879 bits per heavy atom. The SMILES string of the molecule is O=CC1CCN(c2ccc([C@@H]3c4ccc(O)cc4CC[C@]34CCc3ccccc34)cc2)CC1. The molecule has 33 heavy (non-hydrogen) atoms. The zero-order valence-electron chi connectivity index (χ0n) is 19.0. The van der Waals surface area contributed by atoms with Crippen molar-refractivity contribution in [1.29, 1.82) is 0 Å². The second kappa shape index (κ2) is 8.06. The van der Waals surface area contributed by atoms with Crippen molar-refractivity contribution >= 4 is 12.0 Å². The molecule has 0 amide bonds. The molecule has 0 saturated carbocycles. The van der Waals surface area contributed by atoms with Gasteiger partial charge >= 0.3 is 0 Å². The number of phenols is 1. The first-order valence-electron chi connectivity index (χ1n) is 12.4. The number of hydrogen-bond acceptors (Lipinski definition) is 3. The summed E-state index contributed by atoms with van der Waals surface area (Å²) in [5, 5.41) is 10.1. The van der Waals surface area contributed by atoms with Crippen LogP contribution in [0.2, 0.25) is 0 Å². The van der Waals surface area contributed by atoms with E-state index < -0.39 is 0 Å². The first-order valence-corrected chi connectivity index (χ1v) is 12.4. The first-order chi connectivity index (χ1) is 16.2. The highest BCUT2D eigenvalue weighted by Crippen LogP contribution is 2.57. The lowest BCUT2D eigenvalue weighted by Gasteiger charge is -2.44. The van der Waals surface area contributed by atoms with Crippen molar-refractivity contribution in [3.63, 3.8) is 0 Å². The maximum absolute atomic E-state index is 11.1. The third-order valence-corrected chi connectivity index (χ3v) is 8.55.